The summed E-state index contributed by atoms with van der Waals surface area (Å²) in [7, 11) is 0. The predicted molar refractivity (Wildman–Crippen MR) is 61.5 cm³/mol. The molecule has 1 saturated heterocycles. The zero-order valence-corrected chi connectivity index (χ0v) is 10.5. The van der Waals surface area contributed by atoms with Gasteiger partial charge in [0.25, 0.3) is 0 Å². The lowest BCUT2D eigenvalue weighted by atomic mass is 9.91. The average Bonchev–Trinajstić information content (AvgIpc) is 2.26. The van der Waals surface area contributed by atoms with Crippen molar-refractivity contribution in [2.24, 2.45) is 11.8 Å². The van der Waals surface area contributed by atoms with Crippen LogP contribution >= 0.6 is 0 Å². The molecule has 0 aromatic heterocycles. The summed E-state index contributed by atoms with van der Waals surface area (Å²) in [6.45, 7) is 6.02. The summed E-state index contributed by atoms with van der Waals surface area (Å²) in [6, 6.07) is 0. The van der Waals surface area contributed by atoms with Crippen LogP contribution in [0, 0.1) is 11.8 Å². The Hall–Kier alpha value is -1.39. The van der Waals surface area contributed by atoms with E-state index in [-0.39, 0.29) is 11.8 Å². The van der Waals surface area contributed by atoms with Crippen LogP contribution in [0.4, 0.5) is 4.79 Å². The Labute approximate surface area is 101 Å². The van der Waals surface area contributed by atoms with Crippen LogP contribution in [0.5, 0.6) is 0 Å². The molecule has 0 aliphatic carbocycles. The first-order chi connectivity index (χ1) is 7.85. The standard InChI is InChI=1S/C12H19NO4/c1-12(2,3)17-11(16)13-5-9(7-14)4-10(6-13)8-15/h7-10H,4-6H2,1-3H3/t9-,10+. The monoisotopic (exact) mass is 241 g/mol. The lowest BCUT2D eigenvalue weighted by Crippen LogP contribution is -2.46. The molecule has 96 valence electrons. The Morgan fingerprint density at radius 1 is 1.18 bits per heavy atom. The Morgan fingerprint density at radius 3 is 2.00 bits per heavy atom. The molecule has 1 heterocycles. The number of amides is 1. The number of carbonyl (C=O) groups excluding carboxylic acids is 3. The number of hydrogen-bond donors (Lipinski definition) is 0. The van der Waals surface area contributed by atoms with Crippen LogP contribution in [0.1, 0.15) is 27.2 Å². The van der Waals surface area contributed by atoms with Gasteiger partial charge >= 0.3 is 6.09 Å². The maximum Gasteiger partial charge on any atom is 0.410 e. The van der Waals surface area contributed by atoms with Gasteiger partial charge in [-0.2, -0.15) is 0 Å². The fraction of sp³-hybridized carbons (Fsp3) is 0.750. The number of carbonyl (C=O) groups is 3. The summed E-state index contributed by atoms with van der Waals surface area (Å²) in [4.78, 5) is 34.8. The van der Waals surface area contributed by atoms with Gasteiger partial charge in [0.2, 0.25) is 0 Å². The summed E-state index contributed by atoms with van der Waals surface area (Å²) >= 11 is 0. The quantitative estimate of drug-likeness (QED) is 0.683. The average molecular weight is 241 g/mol. The summed E-state index contributed by atoms with van der Waals surface area (Å²) in [5, 5.41) is 0. The minimum Gasteiger partial charge on any atom is -0.444 e. The van der Waals surface area contributed by atoms with Crippen LogP contribution in [-0.4, -0.2) is 42.3 Å². The lowest BCUT2D eigenvalue weighted by Gasteiger charge is -2.34. The molecule has 1 aliphatic heterocycles. The number of likely N-dealkylation sites (tertiary alicyclic amines) is 1. The fourth-order valence-corrected chi connectivity index (χ4v) is 1.85. The third-order valence-electron chi connectivity index (χ3n) is 2.55. The van der Waals surface area contributed by atoms with Crippen molar-refractivity contribution in [2.75, 3.05) is 13.1 Å². The highest BCUT2D eigenvalue weighted by Crippen LogP contribution is 2.21. The molecule has 2 atom stereocenters. The van der Waals surface area contributed by atoms with Crippen LogP contribution < -0.4 is 0 Å². The van der Waals surface area contributed by atoms with Crippen molar-refractivity contribution < 1.29 is 19.1 Å². The van der Waals surface area contributed by atoms with Gasteiger partial charge in [-0.3, -0.25) is 0 Å². The van der Waals surface area contributed by atoms with E-state index in [1.54, 1.807) is 20.8 Å². The third kappa shape index (κ3) is 4.17. The molecule has 1 fully saturated rings. The molecule has 0 N–H and O–H groups in total. The lowest BCUT2D eigenvalue weighted by molar-refractivity contribution is -0.116. The Bertz CT molecular complexity index is 292. The second-order valence-electron chi connectivity index (χ2n) is 5.41. The molecule has 1 amide bonds. The molecule has 5 heteroatoms. The summed E-state index contributed by atoms with van der Waals surface area (Å²) in [5.41, 5.74) is -0.568. The zero-order valence-electron chi connectivity index (χ0n) is 10.5. The van der Waals surface area contributed by atoms with E-state index in [1.165, 1.54) is 4.90 Å². The first-order valence-electron chi connectivity index (χ1n) is 5.74. The van der Waals surface area contributed by atoms with E-state index in [4.69, 9.17) is 4.74 Å². The Kier molecular flexibility index (Phi) is 4.26. The van der Waals surface area contributed by atoms with Crippen molar-refractivity contribution in [3.63, 3.8) is 0 Å². The highest BCUT2D eigenvalue weighted by atomic mass is 16.6. The van der Waals surface area contributed by atoms with Crippen molar-refractivity contribution in [1.29, 1.82) is 0 Å². The molecule has 0 bridgehead atoms. The smallest absolute Gasteiger partial charge is 0.410 e. The summed E-state index contributed by atoms with van der Waals surface area (Å²) in [5.74, 6) is -0.544. The van der Waals surface area contributed by atoms with Gasteiger partial charge in [-0.05, 0) is 27.2 Å². The van der Waals surface area contributed by atoms with Crippen LogP contribution in [0.15, 0.2) is 0 Å². The molecule has 1 aliphatic rings. The second-order valence-corrected chi connectivity index (χ2v) is 5.41. The highest BCUT2D eigenvalue weighted by Gasteiger charge is 2.32. The number of hydrogen-bond acceptors (Lipinski definition) is 4. The van der Waals surface area contributed by atoms with Crippen LogP contribution in [0.25, 0.3) is 0 Å². The molecular formula is C12H19NO4. The molecule has 0 saturated carbocycles. The van der Waals surface area contributed by atoms with Crippen LogP contribution in [0.3, 0.4) is 0 Å². The topological polar surface area (TPSA) is 63.7 Å². The van der Waals surface area contributed by atoms with Crippen molar-refractivity contribution >= 4 is 18.7 Å². The van der Waals surface area contributed by atoms with E-state index in [2.05, 4.69) is 0 Å². The van der Waals surface area contributed by atoms with Gasteiger partial charge < -0.3 is 19.2 Å². The summed E-state index contributed by atoms with van der Waals surface area (Å²) < 4.78 is 5.22. The van der Waals surface area contributed by atoms with Crippen molar-refractivity contribution in [3.05, 3.63) is 0 Å². The minimum atomic E-state index is -0.568. The Balaban J connectivity index is 2.65. The summed E-state index contributed by atoms with van der Waals surface area (Å²) in [6.07, 6.45) is 1.66. The van der Waals surface area contributed by atoms with E-state index in [9.17, 15) is 14.4 Å². The maximum absolute atomic E-state index is 11.8. The SMILES string of the molecule is CC(C)(C)OC(=O)N1C[C@H](C=O)C[C@H](C=O)C1. The molecule has 0 aromatic rings. The van der Waals surface area contributed by atoms with Gasteiger partial charge in [0.05, 0.1) is 0 Å². The van der Waals surface area contributed by atoms with Gasteiger partial charge in [-0.25, -0.2) is 4.79 Å². The van der Waals surface area contributed by atoms with Crippen molar-refractivity contribution in [1.82, 2.24) is 4.90 Å². The van der Waals surface area contributed by atoms with Crippen LogP contribution in [-0.2, 0) is 14.3 Å². The molecule has 17 heavy (non-hydrogen) atoms. The molecule has 0 aromatic carbocycles. The molecule has 0 radical (unpaired) electrons. The molecule has 0 unspecified atom stereocenters. The molecule has 0 spiro atoms. The number of nitrogens with zero attached hydrogens (tertiary/aromatic N) is 1. The van der Waals surface area contributed by atoms with Gasteiger partial charge in [0, 0.05) is 24.9 Å². The van der Waals surface area contributed by atoms with Gasteiger partial charge in [-0.1, -0.05) is 0 Å². The van der Waals surface area contributed by atoms with Crippen molar-refractivity contribution in [3.8, 4) is 0 Å². The molecular weight excluding hydrogens is 222 g/mol. The minimum absolute atomic E-state index is 0.272. The van der Waals surface area contributed by atoms with Gasteiger partial charge in [-0.15, -0.1) is 0 Å². The second kappa shape index (κ2) is 5.29. The first-order valence-corrected chi connectivity index (χ1v) is 5.74. The number of ether oxygens (including phenoxy) is 1. The Morgan fingerprint density at radius 2 is 1.65 bits per heavy atom. The normalized spacial score (nSPS) is 25.2. The van der Waals surface area contributed by atoms with E-state index in [1.807, 2.05) is 0 Å². The maximum atomic E-state index is 11.8. The van der Waals surface area contributed by atoms with Gasteiger partial charge in [0.15, 0.2) is 0 Å². The third-order valence-corrected chi connectivity index (χ3v) is 2.55. The van der Waals surface area contributed by atoms with Crippen molar-refractivity contribution in [2.45, 2.75) is 32.8 Å². The van der Waals surface area contributed by atoms with E-state index >= 15 is 0 Å². The number of rotatable bonds is 2. The first kappa shape index (κ1) is 13.7. The van der Waals surface area contributed by atoms with E-state index in [0.29, 0.717) is 19.5 Å². The molecule has 1 rings (SSSR count). The molecule has 5 nitrogen and oxygen atoms in total. The van der Waals surface area contributed by atoms with E-state index in [0.717, 1.165) is 12.6 Å². The zero-order chi connectivity index (χ0) is 13.1. The largest absolute Gasteiger partial charge is 0.444 e. The number of aldehydes is 2. The highest BCUT2D eigenvalue weighted by molar-refractivity contribution is 5.70. The van der Waals surface area contributed by atoms with E-state index < -0.39 is 11.7 Å². The van der Waals surface area contributed by atoms with Crippen LogP contribution in [0.2, 0.25) is 0 Å². The fourth-order valence-electron chi connectivity index (χ4n) is 1.85. The number of piperidine rings is 1. The predicted octanol–water partition coefficient (Wildman–Crippen LogP) is 1.26. The van der Waals surface area contributed by atoms with Gasteiger partial charge in [0.1, 0.15) is 18.2 Å².